The van der Waals surface area contributed by atoms with E-state index in [-0.39, 0.29) is 30.3 Å². The number of halogens is 2. The number of ether oxygens (including phenoxy) is 1. The first kappa shape index (κ1) is 19.0. The van der Waals surface area contributed by atoms with Crippen molar-refractivity contribution in [2.24, 2.45) is 0 Å². The van der Waals surface area contributed by atoms with Crippen LogP contribution in [0.3, 0.4) is 0 Å². The number of nitrogens with zero attached hydrogens (tertiary/aromatic N) is 1. The Kier molecular flexibility index (Phi) is 6.86. The number of morpholine rings is 1. The number of hydrogen-bond donors (Lipinski definition) is 2. The van der Waals surface area contributed by atoms with Crippen molar-refractivity contribution >= 4 is 41.5 Å². The monoisotopic (exact) mass is 373 g/mol. The molecule has 1 aromatic carbocycles. The molecule has 132 valence electrons. The van der Waals surface area contributed by atoms with Crippen LogP contribution in [0.2, 0.25) is 5.02 Å². The fraction of sp³-hybridized carbons (Fsp3) is 0.500. The van der Waals surface area contributed by atoms with Gasteiger partial charge in [0.15, 0.2) is 0 Å². The summed E-state index contributed by atoms with van der Waals surface area (Å²) < 4.78 is 5.33. The standard InChI is InChI=1S/C16H20ClN3O3.ClH/c17-12-3-1-2-4-14(12)20-7-5-13(16(20)22)19-15(21)9-11-10-23-8-6-18-11;/h1-4,11,13,18H,5-10H2,(H,19,21);1H. The van der Waals surface area contributed by atoms with E-state index in [1.165, 1.54) is 0 Å². The maximum Gasteiger partial charge on any atom is 0.249 e. The zero-order chi connectivity index (χ0) is 16.2. The van der Waals surface area contributed by atoms with Gasteiger partial charge in [0.1, 0.15) is 6.04 Å². The van der Waals surface area contributed by atoms with Crippen LogP contribution >= 0.6 is 24.0 Å². The Labute approximate surface area is 152 Å². The third kappa shape index (κ3) is 4.39. The first-order chi connectivity index (χ1) is 11.1. The Morgan fingerprint density at radius 3 is 2.92 bits per heavy atom. The summed E-state index contributed by atoms with van der Waals surface area (Å²) in [5.74, 6) is -0.244. The predicted molar refractivity (Wildman–Crippen MR) is 94.8 cm³/mol. The van der Waals surface area contributed by atoms with E-state index in [1.54, 1.807) is 11.0 Å². The van der Waals surface area contributed by atoms with E-state index in [1.807, 2.05) is 18.2 Å². The van der Waals surface area contributed by atoms with Crippen LogP contribution in [0.5, 0.6) is 0 Å². The van der Waals surface area contributed by atoms with Crippen LogP contribution in [0.25, 0.3) is 0 Å². The van der Waals surface area contributed by atoms with Crippen molar-refractivity contribution in [3.63, 3.8) is 0 Å². The lowest BCUT2D eigenvalue weighted by atomic mass is 10.1. The molecule has 0 aliphatic carbocycles. The second-order valence-electron chi connectivity index (χ2n) is 5.78. The highest BCUT2D eigenvalue weighted by molar-refractivity contribution is 6.34. The van der Waals surface area contributed by atoms with Gasteiger partial charge in [0.25, 0.3) is 0 Å². The molecule has 2 aliphatic rings. The average molecular weight is 374 g/mol. The largest absolute Gasteiger partial charge is 0.378 e. The summed E-state index contributed by atoms with van der Waals surface area (Å²) >= 11 is 6.15. The minimum absolute atomic E-state index is 0. The number of anilines is 1. The molecule has 2 fully saturated rings. The van der Waals surface area contributed by atoms with E-state index in [0.29, 0.717) is 43.3 Å². The number of nitrogens with one attached hydrogen (secondary N) is 2. The summed E-state index contributed by atoms with van der Waals surface area (Å²) in [5, 5.41) is 6.59. The zero-order valence-corrected chi connectivity index (χ0v) is 14.7. The van der Waals surface area contributed by atoms with E-state index < -0.39 is 6.04 Å². The van der Waals surface area contributed by atoms with Gasteiger partial charge in [-0.05, 0) is 18.6 Å². The van der Waals surface area contributed by atoms with Crippen LogP contribution in [-0.4, -0.2) is 50.2 Å². The molecule has 0 bridgehead atoms. The molecule has 0 aromatic heterocycles. The number of para-hydroxylation sites is 1. The number of carbonyl (C=O) groups excluding carboxylic acids is 2. The van der Waals surface area contributed by atoms with E-state index in [2.05, 4.69) is 10.6 Å². The van der Waals surface area contributed by atoms with Crippen molar-refractivity contribution in [2.45, 2.75) is 24.9 Å². The lowest BCUT2D eigenvalue weighted by Gasteiger charge is -2.24. The molecule has 0 radical (unpaired) electrons. The van der Waals surface area contributed by atoms with Crippen molar-refractivity contribution in [2.75, 3.05) is 31.2 Å². The molecule has 6 nitrogen and oxygen atoms in total. The van der Waals surface area contributed by atoms with Gasteiger partial charge in [0, 0.05) is 25.6 Å². The maximum atomic E-state index is 12.5. The smallest absolute Gasteiger partial charge is 0.249 e. The van der Waals surface area contributed by atoms with Crippen LogP contribution in [0.15, 0.2) is 24.3 Å². The lowest BCUT2D eigenvalue weighted by molar-refractivity contribution is -0.127. The Morgan fingerprint density at radius 1 is 1.42 bits per heavy atom. The summed E-state index contributed by atoms with van der Waals surface area (Å²) in [6.07, 6.45) is 0.903. The molecule has 2 saturated heterocycles. The number of rotatable bonds is 4. The van der Waals surface area contributed by atoms with Crippen molar-refractivity contribution < 1.29 is 14.3 Å². The minimum atomic E-state index is -0.483. The summed E-state index contributed by atoms with van der Waals surface area (Å²) in [4.78, 5) is 26.3. The quantitative estimate of drug-likeness (QED) is 0.835. The number of benzene rings is 1. The first-order valence-electron chi connectivity index (χ1n) is 7.81. The molecule has 2 atom stereocenters. The van der Waals surface area contributed by atoms with Crippen molar-refractivity contribution in [3.8, 4) is 0 Å². The van der Waals surface area contributed by atoms with Gasteiger partial charge in [0.05, 0.1) is 23.9 Å². The van der Waals surface area contributed by atoms with Crippen LogP contribution in [-0.2, 0) is 14.3 Å². The number of carbonyl (C=O) groups is 2. The van der Waals surface area contributed by atoms with Crippen LogP contribution in [0.1, 0.15) is 12.8 Å². The fourth-order valence-electron chi connectivity index (χ4n) is 2.95. The molecule has 3 rings (SSSR count). The third-order valence-corrected chi connectivity index (χ3v) is 4.43. The number of amides is 2. The molecule has 0 spiro atoms. The van der Waals surface area contributed by atoms with E-state index in [9.17, 15) is 9.59 Å². The molecule has 0 saturated carbocycles. The normalized spacial score (nSPS) is 23.7. The lowest BCUT2D eigenvalue weighted by Crippen LogP contribution is -2.47. The highest BCUT2D eigenvalue weighted by Crippen LogP contribution is 2.28. The van der Waals surface area contributed by atoms with Crippen molar-refractivity contribution in [1.82, 2.24) is 10.6 Å². The SMILES string of the molecule is Cl.O=C(CC1COCCN1)NC1CCN(c2ccccc2Cl)C1=O. The first-order valence-corrected chi connectivity index (χ1v) is 8.19. The molecule has 24 heavy (non-hydrogen) atoms. The molecule has 8 heteroatoms. The molecular formula is C16H21Cl2N3O3. The van der Waals surface area contributed by atoms with E-state index in [4.69, 9.17) is 16.3 Å². The molecule has 1 aromatic rings. The van der Waals surface area contributed by atoms with Crippen LogP contribution < -0.4 is 15.5 Å². The van der Waals surface area contributed by atoms with Gasteiger partial charge in [-0.3, -0.25) is 9.59 Å². The molecule has 2 aliphatic heterocycles. The summed E-state index contributed by atoms with van der Waals surface area (Å²) in [7, 11) is 0. The second-order valence-corrected chi connectivity index (χ2v) is 6.19. The minimum Gasteiger partial charge on any atom is -0.378 e. The Bertz CT molecular complexity index is 594. The molecule has 2 N–H and O–H groups in total. The predicted octanol–water partition coefficient (Wildman–Crippen LogP) is 1.36. The molecule has 2 heterocycles. The maximum absolute atomic E-state index is 12.5. The topological polar surface area (TPSA) is 70.7 Å². The average Bonchev–Trinajstić information content (AvgIpc) is 2.90. The van der Waals surface area contributed by atoms with Gasteiger partial charge in [0.2, 0.25) is 11.8 Å². The van der Waals surface area contributed by atoms with Gasteiger partial charge in [-0.2, -0.15) is 0 Å². The van der Waals surface area contributed by atoms with Gasteiger partial charge in [-0.15, -0.1) is 12.4 Å². The third-order valence-electron chi connectivity index (χ3n) is 4.11. The van der Waals surface area contributed by atoms with Crippen LogP contribution in [0.4, 0.5) is 5.69 Å². The van der Waals surface area contributed by atoms with Gasteiger partial charge < -0.3 is 20.3 Å². The highest BCUT2D eigenvalue weighted by Gasteiger charge is 2.34. The summed E-state index contributed by atoms with van der Waals surface area (Å²) in [6, 6.07) is 6.77. The van der Waals surface area contributed by atoms with Crippen molar-refractivity contribution in [3.05, 3.63) is 29.3 Å². The van der Waals surface area contributed by atoms with Crippen LogP contribution in [0, 0.1) is 0 Å². The fourth-order valence-corrected chi connectivity index (χ4v) is 3.19. The van der Waals surface area contributed by atoms with Crippen molar-refractivity contribution in [1.29, 1.82) is 0 Å². The zero-order valence-electron chi connectivity index (χ0n) is 13.2. The van der Waals surface area contributed by atoms with E-state index in [0.717, 1.165) is 6.54 Å². The molecule has 2 amide bonds. The Balaban J connectivity index is 0.00000208. The number of hydrogen-bond acceptors (Lipinski definition) is 4. The summed E-state index contributed by atoms with van der Waals surface area (Å²) in [6.45, 7) is 2.50. The Morgan fingerprint density at radius 2 is 2.21 bits per heavy atom. The van der Waals surface area contributed by atoms with Gasteiger partial charge in [-0.25, -0.2) is 0 Å². The Hall–Kier alpha value is -1.34. The molecule has 2 unspecified atom stereocenters. The summed E-state index contributed by atoms with van der Waals surface area (Å²) in [5.41, 5.74) is 0.693. The second kappa shape index (κ2) is 8.67. The van der Waals surface area contributed by atoms with Gasteiger partial charge >= 0.3 is 0 Å². The van der Waals surface area contributed by atoms with E-state index >= 15 is 0 Å². The van der Waals surface area contributed by atoms with Gasteiger partial charge in [-0.1, -0.05) is 23.7 Å². The molecular weight excluding hydrogens is 353 g/mol. The highest BCUT2D eigenvalue weighted by atomic mass is 35.5.